The minimum absolute atomic E-state index is 0.319. The van der Waals surface area contributed by atoms with Crippen LogP contribution in [0.15, 0.2) is 30.6 Å². The molecule has 0 spiro atoms. The van der Waals surface area contributed by atoms with Gasteiger partial charge in [0.2, 0.25) is 0 Å². The number of aromatic nitrogens is 3. The summed E-state index contributed by atoms with van der Waals surface area (Å²) in [6, 6.07) is 8.36. The molecular weight excluding hydrogens is 284 g/mol. The van der Waals surface area contributed by atoms with E-state index in [1.165, 1.54) is 5.56 Å². The highest BCUT2D eigenvalue weighted by Gasteiger charge is 2.15. The molecule has 0 aliphatic rings. The van der Waals surface area contributed by atoms with Gasteiger partial charge in [-0.1, -0.05) is 36.7 Å². The Balaban J connectivity index is 2.09. The lowest BCUT2D eigenvalue weighted by Crippen LogP contribution is -2.34. The summed E-state index contributed by atoms with van der Waals surface area (Å²) >= 11 is 6.28. The smallest absolute Gasteiger partial charge is 0.138 e. The number of nitrogens with zero attached hydrogens (tertiary/aromatic N) is 3. The van der Waals surface area contributed by atoms with Gasteiger partial charge in [0.1, 0.15) is 12.2 Å². The summed E-state index contributed by atoms with van der Waals surface area (Å²) in [7, 11) is 0. The van der Waals surface area contributed by atoms with Gasteiger partial charge in [0.05, 0.1) is 0 Å². The van der Waals surface area contributed by atoms with Gasteiger partial charge in [-0.2, -0.15) is 5.10 Å². The first-order chi connectivity index (χ1) is 10.2. The van der Waals surface area contributed by atoms with Crippen LogP contribution in [0, 0.1) is 0 Å². The van der Waals surface area contributed by atoms with Crippen molar-refractivity contribution < 1.29 is 0 Å². The monoisotopic (exact) mass is 306 g/mol. The molecular formula is C16H23ClN4. The van der Waals surface area contributed by atoms with Crippen molar-refractivity contribution in [2.45, 2.75) is 45.7 Å². The third kappa shape index (κ3) is 4.55. The quantitative estimate of drug-likeness (QED) is 0.815. The number of hydrogen-bond acceptors (Lipinski definition) is 3. The predicted octanol–water partition coefficient (Wildman–Crippen LogP) is 3.10. The lowest BCUT2D eigenvalue weighted by Gasteiger charge is -2.19. The second kappa shape index (κ2) is 8.15. The molecule has 0 bridgehead atoms. The molecule has 1 unspecified atom stereocenters. The molecule has 0 fully saturated rings. The van der Waals surface area contributed by atoms with Crippen LogP contribution in [-0.4, -0.2) is 27.4 Å². The van der Waals surface area contributed by atoms with Gasteiger partial charge in [-0.15, -0.1) is 0 Å². The summed E-state index contributed by atoms with van der Waals surface area (Å²) in [6.45, 7) is 6.10. The number of benzene rings is 1. The molecule has 0 aliphatic carbocycles. The first kappa shape index (κ1) is 16.0. The van der Waals surface area contributed by atoms with Gasteiger partial charge in [-0.25, -0.2) is 4.98 Å². The molecule has 21 heavy (non-hydrogen) atoms. The fourth-order valence-corrected chi connectivity index (χ4v) is 2.64. The van der Waals surface area contributed by atoms with Crippen LogP contribution in [0.1, 0.15) is 31.7 Å². The van der Waals surface area contributed by atoms with Gasteiger partial charge >= 0.3 is 0 Å². The van der Waals surface area contributed by atoms with E-state index in [-0.39, 0.29) is 0 Å². The molecule has 0 amide bonds. The molecule has 1 aromatic heterocycles. The number of hydrogen-bond donors (Lipinski definition) is 1. The molecule has 5 heteroatoms. The van der Waals surface area contributed by atoms with Crippen LogP contribution in [0.4, 0.5) is 0 Å². The van der Waals surface area contributed by atoms with Crippen molar-refractivity contribution in [3.05, 3.63) is 47.0 Å². The molecule has 1 N–H and O–H groups in total. The first-order valence-electron chi connectivity index (χ1n) is 7.58. The maximum Gasteiger partial charge on any atom is 0.138 e. The summed E-state index contributed by atoms with van der Waals surface area (Å²) in [5.41, 5.74) is 1.18. The molecule has 114 valence electrons. The molecule has 4 nitrogen and oxygen atoms in total. The maximum absolute atomic E-state index is 6.28. The third-order valence-electron chi connectivity index (χ3n) is 3.53. The zero-order valence-corrected chi connectivity index (χ0v) is 13.5. The summed E-state index contributed by atoms with van der Waals surface area (Å²) in [6.07, 6.45) is 4.50. The molecule has 2 rings (SSSR count). The van der Waals surface area contributed by atoms with Crippen LogP contribution in [0.5, 0.6) is 0 Å². The van der Waals surface area contributed by atoms with Crippen molar-refractivity contribution in [3.8, 4) is 0 Å². The summed E-state index contributed by atoms with van der Waals surface area (Å²) < 4.78 is 1.95. The van der Waals surface area contributed by atoms with Crippen molar-refractivity contribution in [3.63, 3.8) is 0 Å². The van der Waals surface area contributed by atoms with Gasteiger partial charge < -0.3 is 5.32 Å². The summed E-state index contributed by atoms with van der Waals surface area (Å²) in [5.74, 6) is 1.03. The van der Waals surface area contributed by atoms with Crippen LogP contribution in [0.25, 0.3) is 0 Å². The average molecular weight is 307 g/mol. The molecule has 0 saturated carbocycles. The zero-order valence-electron chi connectivity index (χ0n) is 12.7. The van der Waals surface area contributed by atoms with E-state index in [2.05, 4.69) is 35.3 Å². The fourth-order valence-electron chi connectivity index (χ4n) is 2.43. The lowest BCUT2D eigenvalue weighted by molar-refractivity contribution is 0.478. The highest BCUT2D eigenvalue weighted by atomic mass is 35.5. The molecule has 0 saturated heterocycles. The second-order valence-corrected chi connectivity index (χ2v) is 5.55. The van der Waals surface area contributed by atoms with Gasteiger partial charge in [0, 0.05) is 24.0 Å². The Morgan fingerprint density at radius 2 is 2.05 bits per heavy atom. The van der Waals surface area contributed by atoms with Gasteiger partial charge in [0.15, 0.2) is 0 Å². The van der Waals surface area contributed by atoms with Crippen LogP contribution in [0.2, 0.25) is 5.02 Å². The van der Waals surface area contributed by atoms with Crippen LogP contribution < -0.4 is 5.32 Å². The van der Waals surface area contributed by atoms with Crippen LogP contribution >= 0.6 is 11.6 Å². The van der Waals surface area contributed by atoms with Crippen molar-refractivity contribution in [1.29, 1.82) is 0 Å². The van der Waals surface area contributed by atoms with Crippen LogP contribution in [0.3, 0.4) is 0 Å². The number of nitrogens with one attached hydrogen (secondary N) is 1. The van der Waals surface area contributed by atoms with Crippen molar-refractivity contribution in [2.24, 2.45) is 0 Å². The molecule has 1 aromatic carbocycles. The Labute approximate surface area is 131 Å². The van der Waals surface area contributed by atoms with Gasteiger partial charge in [0.25, 0.3) is 0 Å². The van der Waals surface area contributed by atoms with E-state index in [0.29, 0.717) is 6.04 Å². The molecule has 2 aromatic rings. The SMILES string of the molecule is CCCNC(Cc1ccccc1Cl)Cc1ncnn1CC. The third-order valence-corrected chi connectivity index (χ3v) is 3.90. The van der Waals surface area contributed by atoms with Gasteiger partial charge in [-0.05, 0) is 37.9 Å². The molecule has 0 radical (unpaired) electrons. The normalized spacial score (nSPS) is 12.5. The molecule has 0 aliphatic heterocycles. The van der Waals surface area contributed by atoms with E-state index in [1.54, 1.807) is 6.33 Å². The van der Waals surface area contributed by atoms with Crippen molar-refractivity contribution in [2.75, 3.05) is 6.54 Å². The largest absolute Gasteiger partial charge is 0.313 e. The first-order valence-corrected chi connectivity index (χ1v) is 7.95. The van der Waals surface area contributed by atoms with E-state index >= 15 is 0 Å². The second-order valence-electron chi connectivity index (χ2n) is 5.14. The summed E-state index contributed by atoms with van der Waals surface area (Å²) in [5, 5.41) is 8.67. The summed E-state index contributed by atoms with van der Waals surface area (Å²) in [4.78, 5) is 4.38. The van der Waals surface area contributed by atoms with Crippen LogP contribution in [-0.2, 0) is 19.4 Å². The standard InChI is InChI=1S/C16H23ClN4/c1-3-9-18-14(10-13-7-5-6-8-15(13)17)11-16-19-12-20-21(16)4-2/h5-8,12,14,18H,3-4,9-11H2,1-2H3. The van der Waals surface area contributed by atoms with E-state index in [9.17, 15) is 0 Å². The minimum Gasteiger partial charge on any atom is -0.313 e. The van der Waals surface area contributed by atoms with E-state index < -0.39 is 0 Å². The topological polar surface area (TPSA) is 42.7 Å². The number of aryl methyl sites for hydroxylation is 1. The molecule has 1 atom stereocenters. The van der Waals surface area contributed by atoms with Crippen molar-refractivity contribution in [1.82, 2.24) is 20.1 Å². The number of rotatable bonds is 8. The van der Waals surface area contributed by atoms with E-state index in [0.717, 1.165) is 43.2 Å². The maximum atomic E-state index is 6.28. The van der Waals surface area contributed by atoms with Crippen molar-refractivity contribution >= 4 is 11.6 Å². The fraction of sp³-hybridized carbons (Fsp3) is 0.500. The zero-order chi connectivity index (χ0) is 15.1. The molecule has 1 heterocycles. The minimum atomic E-state index is 0.319. The predicted molar refractivity (Wildman–Crippen MR) is 86.6 cm³/mol. The van der Waals surface area contributed by atoms with Gasteiger partial charge in [-0.3, -0.25) is 4.68 Å². The van der Waals surface area contributed by atoms with E-state index in [4.69, 9.17) is 11.6 Å². The number of halogens is 1. The Morgan fingerprint density at radius 1 is 1.24 bits per heavy atom. The van der Waals surface area contributed by atoms with E-state index in [1.807, 2.05) is 22.9 Å². The Hall–Kier alpha value is -1.39. The Morgan fingerprint density at radius 3 is 2.76 bits per heavy atom. The Bertz CT molecular complexity index is 553. The Kier molecular flexibility index (Phi) is 6.21. The lowest BCUT2D eigenvalue weighted by atomic mass is 10.0. The highest BCUT2D eigenvalue weighted by Crippen LogP contribution is 2.17. The highest BCUT2D eigenvalue weighted by molar-refractivity contribution is 6.31. The average Bonchev–Trinajstić information content (AvgIpc) is 2.94.